The highest BCUT2D eigenvalue weighted by molar-refractivity contribution is 7.58. The van der Waals surface area contributed by atoms with Gasteiger partial charge in [-0.15, -0.1) is 0 Å². The fourth-order valence-electron chi connectivity index (χ4n) is 0.555. The third-order valence-electron chi connectivity index (χ3n) is 0.943. The maximum atomic E-state index is 11.1. The van der Waals surface area contributed by atoms with Crippen molar-refractivity contribution >= 4 is 7.37 Å². The van der Waals surface area contributed by atoms with Gasteiger partial charge in [-0.25, -0.2) is 0 Å². The van der Waals surface area contributed by atoms with Crippen molar-refractivity contribution in [3.05, 3.63) is 12.2 Å². The lowest BCUT2D eigenvalue weighted by atomic mass is 10.4. The van der Waals surface area contributed by atoms with Crippen LogP contribution >= 0.6 is 7.37 Å². The van der Waals surface area contributed by atoms with Gasteiger partial charge in [0, 0.05) is 19.9 Å². The van der Waals surface area contributed by atoms with Crippen LogP contribution in [0.2, 0.25) is 0 Å². The summed E-state index contributed by atoms with van der Waals surface area (Å²) in [5.74, 6) is 0. The average Bonchev–Trinajstić information content (AvgIpc) is 1.63. The van der Waals surface area contributed by atoms with Gasteiger partial charge in [-0.3, -0.25) is 4.57 Å². The molecule has 0 N–H and O–H groups in total. The molecular weight excluding hydrogens is 135 g/mol. The van der Waals surface area contributed by atoms with Crippen molar-refractivity contribution in [3.63, 3.8) is 0 Å². The van der Waals surface area contributed by atoms with E-state index < -0.39 is 7.37 Å². The van der Waals surface area contributed by atoms with Crippen molar-refractivity contribution in [2.75, 3.05) is 19.9 Å². The minimum atomic E-state index is -2.33. The molecule has 0 heterocycles. The van der Waals surface area contributed by atoms with Crippen molar-refractivity contribution in [2.24, 2.45) is 0 Å². The summed E-state index contributed by atoms with van der Waals surface area (Å²) in [6.07, 6.45) is 0.490. The van der Waals surface area contributed by atoms with Gasteiger partial charge in [0.15, 0.2) is 0 Å². The fourth-order valence-corrected chi connectivity index (χ4v) is 1.66. The Morgan fingerprint density at radius 2 is 2.22 bits per heavy atom. The van der Waals surface area contributed by atoms with Crippen LogP contribution < -0.4 is 0 Å². The van der Waals surface area contributed by atoms with E-state index in [9.17, 15) is 4.57 Å². The van der Waals surface area contributed by atoms with E-state index in [0.717, 1.165) is 5.57 Å². The van der Waals surface area contributed by atoms with Gasteiger partial charge < -0.3 is 4.52 Å². The molecule has 0 rings (SSSR count). The van der Waals surface area contributed by atoms with Crippen LogP contribution in [0.25, 0.3) is 0 Å². The Balaban J connectivity index is 3.88. The number of hydrogen-bond donors (Lipinski definition) is 0. The highest BCUT2D eigenvalue weighted by atomic mass is 31.2. The second-order valence-electron chi connectivity index (χ2n) is 2.31. The molecule has 0 radical (unpaired) electrons. The van der Waals surface area contributed by atoms with Crippen molar-refractivity contribution in [2.45, 2.75) is 6.92 Å². The van der Waals surface area contributed by atoms with E-state index in [1.165, 1.54) is 7.11 Å². The summed E-state index contributed by atoms with van der Waals surface area (Å²) in [7, 11) is -0.867. The molecule has 0 saturated heterocycles. The quantitative estimate of drug-likeness (QED) is 0.452. The minimum absolute atomic E-state index is 0.490. The Bertz CT molecular complexity index is 151. The Morgan fingerprint density at radius 1 is 1.78 bits per heavy atom. The standard InChI is InChI=1S/C6H13O2P/c1-6(2)5-9(4,7)8-3/h1,5H2,2-4H3. The predicted molar refractivity (Wildman–Crippen MR) is 40.2 cm³/mol. The van der Waals surface area contributed by atoms with Crippen LogP contribution in [0.4, 0.5) is 0 Å². The Labute approximate surface area is 56.4 Å². The van der Waals surface area contributed by atoms with Gasteiger partial charge >= 0.3 is 0 Å². The maximum absolute atomic E-state index is 11.1. The zero-order valence-electron chi connectivity index (χ0n) is 6.18. The van der Waals surface area contributed by atoms with Crippen molar-refractivity contribution in [1.29, 1.82) is 0 Å². The molecule has 0 aromatic carbocycles. The number of rotatable bonds is 3. The first kappa shape index (κ1) is 8.93. The van der Waals surface area contributed by atoms with Gasteiger partial charge in [-0.05, 0) is 6.92 Å². The number of hydrogen-bond acceptors (Lipinski definition) is 2. The van der Waals surface area contributed by atoms with Gasteiger partial charge in [0.2, 0.25) is 7.37 Å². The molecule has 0 fully saturated rings. The molecular formula is C6H13O2P. The third kappa shape index (κ3) is 4.43. The molecule has 1 atom stereocenters. The van der Waals surface area contributed by atoms with Gasteiger partial charge in [0.05, 0.1) is 0 Å². The van der Waals surface area contributed by atoms with E-state index >= 15 is 0 Å². The molecule has 3 heteroatoms. The lowest BCUT2D eigenvalue weighted by Crippen LogP contribution is -1.89. The van der Waals surface area contributed by atoms with Gasteiger partial charge in [-0.1, -0.05) is 12.2 Å². The molecule has 9 heavy (non-hydrogen) atoms. The summed E-state index contributed by atoms with van der Waals surface area (Å²) >= 11 is 0. The van der Waals surface area contributed by atoms with Crippen LogP contribution in [0, 0.1) is 0 Å². The highest BCUT2D eigenvalue weighted by Crippen LogP contribution is 2.42. The van der Waals surface area contributed by atoms with E-state index in [2.05, 4.69) is 6.58 Å². The molecule has 0 aromatic heterocycles. The molecule has 1 unspecified atom stereocenters. The van der Waals surface area contributed by atoms with E-state index in [1.807, 2.05) is 6.92 Å². The average molecular weight is 148 g/mol. The van der Waals surface area contributed by atoms with Gasteiger partial charge in [-0.2, -0.15) is 0 Å². The van der Waals surface area contributed by atoms with Crippen LogP contribution in [0.5, 0.6) is 0 Å². The smallest absolute Gasteiger partial charge is 0.203 e. The fraction of sp³-hybridized carbons (Fsp3) is 0.667. The third-order valence-corrected chi connectivity index (χ3v) is 2.83. The molecule has 2 nitrogen and oxygen atoms in total. The molecule has 54 valence electrons. The Kier molecular flexibility index (Phi) is 3.16. The molecule has 0 amide bonds. The highest BCUT2D eigenvalue weighted by Gasteiger charge is 2.12. The Morgan fingerprint density at radius 3 is 2.33 bits per heavy atom. The molecule has 0 spiro atoms. The van der Waals surface area contributed by atoms with Crippen molar-refractivity contribution in [3.8, 4) is 0 Å². The van der Waals surface area contributed by atoms with Crippen molar-refractivity contribution < 1.29 is 9.09 Å². The van der Waals surface area contributed by atoms with E-state index in [4.69, 9.17) is 4.52 Å². The van der Waals surface area contributed by atoms with Crippen LogP contribution in [-0.4, -0.2) is 19.9 Å². The normalized spacial score (nSPS) is 16.8. The van der Waals surface area contributed by atoms with E-state index in [1.54, 1.807) is 6.66 Å². The van der Waals surface area contributed by atoms with Gasteiger partial charge in [0.25, 0.3) is 0 Å². The maximum Gasteiger partial charge on any atom is 0.203 e. The predicted octanol–water partition coefficient (Wildman–Crippen LogP) is 2.12. The van der Waals surface area contributed by atoms with Gasteiger partial charge in [0.1, 0.15) is 0 Å². The minimum Gasteiger partial charge on any atom is -0.332 e. The van der Waals surface area contributed by atoms with Crippen LogP contribution in [-0.2, 0) is 9.09 Å². The number of allylic oxidation sites excluding steroid dienone is 1. The largest absolute Gasteiger partial charge is 0.332 e. The van der Waals surface area contributed by atoms with E-state index in [-0.39, 0.29) is 0 Å². The van der Waals surface area contributed by atoms with Crippen LogP contribution in [0.15, 0.2) is 12.2 Å². The summed E-state index contributed by atoms with van der Waals surface area (Å²) in [5, 5.41) is 0. The second kappa shape index (κ2) is 3.19. The lowest BCUT2D eigenvalue weighted by molar-refractivity contribution is 0.401. The summed E-state index contributed by atoms with van der Waals surface area (Å²) in [5.41, 5.74) is 0.905. The zero-order chi connectivity index (χ0) is 7.49. The topological polar surface area (TPSA) is 26.3 Å². The summed E-state index contributed by atoms with van der Waals surface area (Å²) < 4.78 is 15.9. The molecule has 0 aromatic rings. The monoisotopic (exact) mass is 148 g/mol. The lowest BCUT2D eigenvalue weighted by Gasteiger charge is -2.08. The molecule has 0 aliphatic rings. The SMILES string of the molecule is C=C(C)CP(C)(=O)OC. The van der Waals surface area contributed by atoms with E-state index in [0.29, 0.717) is 6.16 Å². The molecule has 0 bridgehead atoms. The second-order valence-corrected chi connectivity index (χ2v) is 5.02. The Hall–Kier alpha value is -0.0700. The summed E-state index contributed by atoms with van der Waals surface area (Å²) in [4.78, 5) is 0. The molecule has 0 aliphatic carbocycles. The molecule has 0 aliphatic heterocycles. The first-order valence-corrected chi connectivity index (χ1v) is 5.00. The summed E-state index contributed by atoms with van der Waals surface area (Å²) in [6.45, 7) is 7.09. The first-order chi connectivity index (χ1) is 3.98. The first-order valence-electron chi connectivity index (χ1n) is 2.74. The zero-order valence-corrected chi connectivity index (χ0v) is 7.07. The van der Waals surface area contributed by atoms with Crippen LogP contribution in [0.1, 0.15) is 6.92 Å². The summed E-state index contributed by atoms with van der Waals surface area (Å²) in [6, 6.07) is 0. The van der Waals surface area contributed by atoms with Crippen molar-refractivity contribution in [1.82, 2.24) is 0 Å². The molecule has 0 saturated carbocycles. The van der Waals surface area contributed by atoms with Crippen LogP contribution in [0.3, 0.4) is 0 Å².